The van der Waals surface area contributed by atoms with E-state index in [4.69, 9.17) is 0 Å². The molecule has 2 heterocycles. The molecule has 0 aliphatic rings. The Bertz CT molecular complexity index is 554. The standard InChI is InChI=1S/C18H32N4/c1-7-15(3)17-19(5)9-11-21(17)13-14-22-12-10-20(6)18(22)16(4)8-2/h9-12,15-16H,7-8,13-14H2,1-6H3/q+2. The minimum atomic E-state index is 0.592. The number of hydrogen-bond donors (Lipinski definition) is 0. The van der Waals surface area contributed by atoms with Crippen LogP contribution in [-0.4, -0.2) is 9.13 Å². The van der Waals surface area contributed by atoms with Gasteiger partial charge in [-0.15, -0.1) is 0 Å². The molecule has 0 amide bonds. The summed E-state index contributed by atoms with van der Waals surface area (Å²) in [5, 5.41) is 0. The molecule has 0 aliphatic heterocycles. The molecular formula is C18H32N4+2. The van der Waals surface area contributed by atoms with Crippen molar-refractivity contribution in [3.05, 3.63) is 36.4 Å². The van der Waals surface area contributed by atoms with Gasteiger partial charge in [-0.3, -0.25) is 0 Å². The number of rotatable bonds is 7. The average Bonchev–Trinajstić information content (AvgIpc) is 3.06. The topological polar surface area (TPSA) is 17.6 Å². The van der Waals surface area contributed by atoms with Gasteiger partial charge in [0.15, 0.2) is 0 Å². The summed E-state index contributed by atoms with van der Waals surface area (Å²) in [6, 6.07) is 0. The van der Waals surface area contributed by atoms with Crippen molar-refractivity contribution in [2.75, 3.05) is 0 Å². The molecule has 4 nitrogen and oxygen atoms in total. The zero-order chi connectivity index (χ0) is 16.3. The lowest BCUT2D eigenvalue weighted by Gasteiger charge is -2.10. The highest BCUT2D eigenvalue weighted by Crippen LogP contribution is 2.17. The van der Waals surface area contributed by atoms with Gasteiger partial charge in [0, 0.05) is 0 Å². The van der Waals surface area contributed by atoms with Crippen LogP contribution in [0.25, 0.3) is 0 Å². The number of aromatic nitrogens is 4. The summed E-state index contributed by atoms with van der Waals surface area (Å²) in [5.74, 6) is 4.03. The third-order valence-electron chi connectivity index (χ3n) is 4.94. The Morgan fingerprint density at radius 1 is 0.818 bits per heavy atom. The van der Waals surface area contributed by atoms with E-state index in [9.17, 15) is 0 Å². The monoisotopic (exact) mass is 304 g/mol. The van der Waals surface area contributed by atoms with Crippen LogP contribution >= 0.6 is 0 Å². The highest BCUT2D eigenvalue weighted by molar-refractivity contribution is 4.94. The molecule has 0 aromatic carbocycles. The molecule has 0 fully saturated rings. The molecular weight excluding hydrogens is 272 g/mol. The van der Waals surface area contributed by atoms with Crippen molar-refractivity contribution >= 4 is 0 Å². The van der Waals surface area contributed by atoms with Crippen molar-refractivity contribution in [1.29, 1.82) is 0 Å². The number of nitrogens with zero attached hydrogens (tertiary/aromatic N) is 4. The van der Waals surface area contributed by atoms with E-state index >= 15 is 0 Å². The SMILES string of the molecule is CCC(C)c1n(CCn2cc[n+](C)c2C(C)CC)cc[n+]1C. The maximum Gasteiger partial charge on any atom is 0.259 e. The third kappa shape index (κ3) is 3.26. The Morgan fingerprint density at radius 3 is 1.50 bits per heavy atom. The Balaban J connectivity index is 2.18. The summed E-state index contributed by atoms with van der Waals surface area (Å²) in [7, 11) is 4.30. The minimum Gasteiger partial charge on any atom is -0.237 e. The number of imidazole rings is 2. The van der Waals surface area contributed by atoms with Crippen LogP contribution in [0.15, 0.2) is 24.8 Å². The number of aryl methyl sites for hydroxylation is 4. The van der Waals surface area contributed by atoms with Crippen molar-refractivity contribution in [2.24, 2.45) is 14.1 Å². The van der Waals surface area contributed by atoms with Gasteiger partial charge in [-0.1, -0.05) is 27.7 Å². The molecule has 0 radical (unpaired) electrons. The van der Waals surface area contributed by atoms with Crippen LogP contribution in [0.1, 0.15) is 64.0 Å². The van der Waals surface area contributed by atoms with Crippen LogP contribution in [0.4, 0.5) is 0 Å². The van der Waals surface area contributed by atoms with Crippen molar-refractivity contribution in [1.82, 2.24) is 9.13 Å². The zero-order valence-corrected chi connectivity index (χ0v) is 15.1. The van der Waals surface area contributed by atoms with E-state index in [0.29, 0.717) is 11.8 Å². The van der Waals surface area contributed by atoms with Gasteiger partial charge in [0.1, 0.15) is 37.9 Å². The lowest BCUT2D eigenvalue weighted by Crippen LogP contribution is -2.35. The smallest absolute Gasteiger partial charge is 0.237 e. The van der Waals surface area contributed by atoms with E-state index < -0.39 is 0 Å². The minimum absolute atomic E-state index is 0.592. The molecule has 0 bridgehead atoms. The van der Waals surface area contributed by atoms with E-state index in [-0.39, 0.29) is 0 Å². The second-order valence-electron chi connectivity index (χ2n) is 6.54. The molecule has 22 heavy (non-hydrogen) atoms. The molecule has 2 rings (SSSR count). The van der Waals surface area contributed by atoms with Gasteiger partial charge in [-0.25, -0.2) is 18.3 Å². The zero-order valence-electron chi connectivity index (χ0n) is 15.1. The predicted molar refractivity (Wildman–Crippen MR) is 88.6 cm³/mol. The molecule has 2 unspecified atom stereocenters. The second-order valence-corrected chi connectivity index (χ2v) is 6.54. The summed E-state index contributed by atoms with van der Waals surface area (Å²) in [4.78, 5) is 0. The van der Waals surface area contributed by atoms with E-state index in [0.717, 1.165) is 13.1 Å². The fourth-order valence-electron chi connectivity index (χ4n) is 3.29. The van der Waals surface area contributed by atoms with Crippen LogP contribution in [-0.2, 0) is 27.2 Å². The van der Waals surface area contributed by atoms with Gasteiger partial charge in [-0.05, 0) is 12.8 Å². The Kier molecular flexibility index (Phi) is 5.43. The lowest BCUT2D eigenvalue weighted by atomic mass is 10.1. The first-order valence-electron chi connectivity index (χ1n) is 8.58. The lowest BCUT2D eigenvalue weighted by molar-refractivity contribution is -0.680. The van der Waals surface area contributed by atoms with Gasteiger partial charge in [0.05, 0.1) is 25.9 Å². The fourth-order valence-corrected chi connectivity index (χ4v) is 3.29. The second kappa shape index (κ2) is 7.12. The molecule has 2 aromatic heterocycles. The average molecular weight is 304 g/mol. The summed E-state index contributed by atoms with van der Waals surface area (Å²) in [6.45, 7) is 11.2. The van der Waals surface area contributed by atoms with Gasteiger partial charge in [0.2, 0.25) is 0 Å². The molecule has 0 aliphatic carbocycles. The highest BCUT2D eigenvalue weighted by Gasteiger charge is 2.23. The van der Waals surface area contributed by atoms with Gasteiger partial charge >= 0.3 is 0 Å². The Labute approximate surface area is 135 Å². The summed E-state index contributed by atoms with van der Waals surface area (Å²) in [5.41, 5.74) is 0. The quantitative estimate of drug-likeness (QED) is 0.700. The molecule has 2 atom stereocenters. The summed E-state index contributed by atoms with van der Waals surface area (Å²) >= 11 is 0. The molecule has 2 aromatic rings. The highest BCUT2D eigenvalue weighted by atomic mass is 15.2. The van der Waals surface area contributed by atoms with Crippen molar-refractivity contribution in [3.63, 3.8) is 0 Å². The maximum atomic E-state index is 2.41. The fraction of sp³-hybridized carbons (Fsp3) is 0.667. The van der Waals surface area contributed by atoms with Crippen LogP contribution in [0.5, 0.6) is 0 Å². The van der Waals surface area contributed by atoms with E-state index in [1.165, 1.54) is 24.5 Å². The van der Waals surface area contributed by atoms with E-state index in [2.05, 4.69) is 84.8 Å². The molecule has 0 N–H and O–H groups in total. The normalized spacial score (nSPS) is 14.3. The predicted octanol–water partition coefficient (Wildman–Crippen LogP) is 2.67. The van der Waals surface area contributed by atoms with Crippen LogP contribution in [0, 0.1) is 0 Å². The third-order valence-corrected chi connectivity index (χ3v) is 4.94. The molecule has 0 saturated heterocycles. The maximum absolute atomic E-state index is 2.41. The molecule has 0 spiro atoms. The van der Waals surface area contributed by atoms with Crippen LogP contribution in [0.2, 0.25) is 0 Å². The van der Waals surface area contributed by atoms with Gasteiger partial charge in [0.25, 0.3) is 11.6 Å². The first-order valence-corrected chi connectivity index (χ1v) is 8.58. The summed E-state index contributed by atoms with van der Waals surface area (Å²) in [6.07, 6.45) is 11.1. The molecule has 122 valence electrons. The van der Waals surface area contributed by atoms with Crippen LogP contribution < -0.4 is 9.13 Å². The first-order chi connectivity index (χ1) is 10.5. The van der Waals surface area contributed by atoms with E-state index in [1.807, 2.05) is 0 Å². The summed E-state index contributed by atoms with van der Waals surface area (Å²) < 4.78 is 9.35. The van der Waals surface area contributed by atoms with Gasteiger partial charge in [-0.2, -0.15) is 0 Å². The number of hydrogen-bond acceptors (Lipinski definition) is 0. The molecule has 4 heteroatoms. The van der Waals surface area contributed by atoms with Crippen molar-refractivity contribution < 1.29 is 9.13 Å². The van der Waals surface area contributed by atoms with Crippen molar-refractivity contribution in [2.45, 2.75) is 65.5 Å². The van der Waals surface area contributed by atoms with Crippen molar-refractivity contribution in [3.8, 4) is 0 Å². The Morgan fingerprint density at radius 2 is 1.18 bits per heavy atom. The van der Waals surface area contributed by atoms with Crippen LogP contribution in [0.3, 0.4) is 0 Å². The first kappa shape index (κ1) is 16.8. The Hall–Kier alpha value is -1.58. The van der Waals surface area contributed by atoms with E-state index in [1.54, 1.807) is 0 Å². The largest absolute Gasteiger partial charge is 0.259 e. The van der Waals surface area contributed by atoms with Gasteiger partial charge < -0.3 is 0 Å². The molecule has 0 saturated carbocycles.